The van der Waals surface area contributed by atoms with Crippen LogP contribution in [0, 0.1) is 11.2 Å². The van der Waals surface area contributed by atoms with Crippen molar-refractivity contribution in [2.24, 2.45) is 5.41 Å². The molecular weight excluding hydrogens is 293 g/mol. The smallest absolute Gasteiger partial charge is 0.251 e. The van der Waals surface area contributed by atoms with Gasteiger partial charge in [0.25, 0.3) is 5.91 Å². The van der Waals surface area contributed by atoms with Crippen molar-refractivity contribution in [1.82, 2.24) is 5.32 Å². The summed E-state index contributed by atoms with van der Waals surface area (Å²) < 4.78 is 18.1. The minimum atomic E-state index is -0.216. The molecule has 1 saturated carbocycles. The van der Waals surface area contributed by atoms with E-state index < -0.39 is 0 Å². The molecule has 1 aliphatic rings. The maximum Gasteiger partial charge on any atom is 0.251 e. The van der Waals surface area contributed by atoms with Gasteiger partial charge in [-0.05, 0) is 66.6 Å². The number of carbonyl (C=O) groups is 1. The average molecular weight is 313 g/mol. The van der Waals surface area contributed by atoms with Gasteiger partial charge in [0.1, 0.15) is 11.6 Å². The molecule has 1 N–H and O–H groups in total. The van der Waals surface area contributed by atoms with E-state index in [1.807, 2.05) is 12.1 Å². The number of carbonyl (C=O) groups excluding carboxylic acids is 1. The SMILES string of the molecule is COc1ccc(C(=O)NCC2(Cc3ccc(F)cc3)CC2)cc1. The second-order valence-corrected chi connectivity index (χ2v) is 6.21. The lowest BCUT2D eigenvalue weighted by Gasteiger charge is -2.16. The van der Waals surface area contributed by atoms with Crippen molar-refractivity contribution >= 4 is 5.91 Å². The first-order chi connectivity index (χ1) is 11.1. The topological polar surface area (TPSA) is 38.3 Å². The van der Waals surface area contributed by atoms with Gasteiger partial charge >= 0.3 is 0 Å². The highest BCUT2D eigenvalue weighted by molar-refractivity contribution is 5.94. The third-order valence-electron chi connectivity index (χ3n) is 4.43. The highest BCUT2D eigenvalue weighted by Gasteiger charge is 2.42. The quantitative estimate of drug-likeness (QED) is 0.885. The highest BCUT2D eigenvalue weighted by Crippen LogP contribution is 2.47. The molecule has 2 aromatic rings. The number of rotatable bonds is 6. The van der Waals surface area contributed by atoms with E-state index in [1.54, 1.807) is 31.4 Å². The van der Waals surface area contributed by atoms with Gasteiger partial charge in [-0.25, -0.2) is 4.39 Å². The molecule has 0 aromatic heterocycles. The molecule has 4 heteroatoms. The van der Waals surface area contributed by atoms with E-state index in [1.165, 1.54) is 12.1 Å². The molecule has 3 rings (SSSR count). The van der Waals surface area contributed by atoms with Crippen LogP contribution < -0.4 is 10.1 Å². The van der Waals surface area contributed by atoms with Crippen LogP contribution in [0.15, 0.2) is 48.5 Å². The molecule has 1 fully saturated rings. The predicted molar refractivity (Wildman–Crippen MR) is 87.1 cm³/mol. The summed E-state index contributed by atoms with van der Waals surface area (Å²) in [6.07, 6.45) is 3.05. The molecule has 0 bridgehead atoms. The van der Waals surface area contributed by atoms with Crippen LogP contribution in [0.4, 0.5) is 4.39 Å². The van der Waals surface area contributed by atoms with Crippen molar-refractivity contribution < 1.29 is 13.9 Å². The minimum absolute atomic E-state index is 0.0713. The Bertz CT molecular complexity index is 676. The van der Waals surface area contributed by atoms with Crippen LogP contribution in [-0.4, -0.2) is 19.6 Å². The van der Waals surface area contributed by atoms with E-state index in [4.69, 9.17) is 4.74 Å². The Morgan fingerprint density at radius 2 is 1.78 bits per heavy atom. The zero-order chi connectivity index (χ0) is 16.3. The van der Waals surface area contributed by atoms with Gasteiger partial charge in [0.2, 0.25) is 0 Å². The predicted octanol–water partition coefficient (Wildman–Crippen LogP) is 3.59. The van der Waals surface area contributed by atoms with Gasteiger partial charge in [0.15, 0.2) is 0 Å². The Morgan fingerprint density at radius 1 is 1.13 bits per heavy atom. The fourth-order valence-electron chi connectivity index (χ4n) is 2.74. The monoisotopic (exact) mass is 313 g/mol. The fourth-order valence-corrected chi connectivity index (χ4v) is 2.74. The summed E-state index contributed by atoms with van der Waals surface area (Å²) in [5.74, 6) is 0.445. The number of nitrogens with one attached hydrogen (secondary N) is 1. The largest absolute Gasteiger partial charge is 0.497 e. The van der Waals surface area contributed by atoms with Crippen molar-refractivity contribution in [1.29, 1.82) is 0 Å². The number of halogens is 1. The van der Waals surface area contributed by atoms with Crippen molar-refractivity contribution in [3.8, 4) is 5.75 Å². The molecule has 1 aliphatic carbocycles. The van der Waals surface area contributed by atoms with Gasteiger partial charge in [-0.3, -0.25) is 4.79 Å². The maximum absolute atomic E-state index is 13.0. The Hall–Kier alpha value is -2.36. The molecule has 3 nitrogen and oxygen atoms in total. The maximum atomic E-state index is 13.0. The summed E-state index contributed by atoms with van der Waals surface area (Å²) in [4.78, 5) is 12.2. The first kappa shape index (κ1) is 15.5. The molecule has 1 amide bonds. The molecule has 0 atom stereocenters. The van der Waals surface area contributed by atoms with Crippen LogP contribution in [0.5, 0.6) is 5.75 Å². The van der Waals surface area contributed by atoms with Gasteiger partial charge in [0.05, 0.1) is 7.11 Å². The van der Waals surface area contributed by atoms with Gasteiger partial charge in [-0.1, -0.05) is 12.1 Å². The number of hydrogen-bond acceptors (Lipinski definition) is 2. The van der Waals surface area contributed by atoms with Crippen LogP contribution in [0.3, 0.4) is 0 Å². The van der Waals surface area contributed by atoms with Crippen molar-refractivity contribution in [3.63, 3.8) is 0 Å². The van der Waals surface area contributed by atoms with Gasteiger partial charge in [-0.2, -0.15) is 0 Å². The fraction of sp³-hybridized carbons (Fsp3) is 0.316. The lowest BCUT2D eigenvalue weighted by molar-refractivity contribution is 0.0944. The lowest BCUT2D eigenvalue weighted by Crippen LogP contribution is -2.31. The molecule has 2 aromatic carbocycles. The molecule has 0 unspecified atom stereocenters. The molecule has 0 heterocycles. The van der Waals surface area contributed by atoms with Crippen LogP contribution in [-0.2, 0) is 6.42 Å². The Balaban J connectivity index is 1.56. The number of ether oxygens (including phenoxy) is 1. The second kappa shape index (κ2) is 6.41. The van der Waals surface area contributed by atoms with E-state index in [2.05, 4.69) is 5.32 Å². The lowest BCUT2D eigenvalue weighted by atomic mass is 9.96. The van der Waals surface area contributed by atoms with E-state index in [-0.39, 0.29) is 17.1 Å². The summed E-state index contributed by atoms with van der Waals surface area (Å²) in [5, 5.41) is 3.02. The number of methoxy groups -OCH3 is 1. The Labute approximate surface area is 135 Å². The summed E-state index contributed by atoms with van der Waals surface area (Å²) >= 11 is 0. The molecule has 0 saturated heterocycles. The Morgan fingerprint density at radius 3 is 2.35 bits per heavy atom. The van der Waals surface area contributed by atoms with E-state index in [0.717, 1.165) is 30.6 Å². The molecule has 0 radical (unpaired) electrons. The molecule has 0 aliphatic heterocycles. The van der Waals surface area contributed by atoms with Gasteiger partial charge in [0, 0.05) is 12.1 Å². The van der Waals surface area contributed by atoms with Gasteiger partial charge in [-0.15, -0.1) is 0 Å². The molecule has 0 spiro atoms. The zero-order valence-electron chi connectivity index (χ0n) is 13.1. The third-order valence-corrected chi connectivity index (χ3v) is 4.43. The van der Waals surface area contributed by atoms with Gasteiger partial charge < -0.3 is 10.1 Å². The molecular formula is C19H20FNO2. The zero-order valence-corrected chi connectivity index (χ0v) is 13.1. The third kappa shape index (κ3) is 3.89. The van der Waals surface area contributed by atoms with E-state index >= 15 is 0 Å². The standard InChI is InChI=1S/C19H20FNO2/c1-23-17-8-4-15(5-9-17)18(22)21-13-19(10-11-19)12-14-2-6-16(20)7-3-14/h2-9H,10-13H2,1H3,(H,21,22). The summed E-state index contributed by atoms with van der Waals surface area (Å²) in [6, 6.07) is 13.7. The van der Waals surface area contributed by atoms with Crippen molar-refractivity contribution in [2.75, 3.05) is 13.7 Å². The number of hydrogen-bond donors (Lipinski definition) is 1. The minimum Gasteiger partial charge on any atom is -0.497 e. The molecule has 120 valence electrons. The first-order valence-electron chi connectivity index (χ1n) is 7.77. The van der Waals surface area contributed by atoms with Crippen LogP contribution >= 0.6 is 0 Å². The normalized spacial score (nSPS) is 15.0. The first-order valence-corrected chi connectivity index (χ1v) is 7.77. The average Bonchev–Trinajstić information content (AvgIpc) is 3.35. The molecule has 23 heavy (non-hydrogen) atoms. The van der Waals surface area contributed by atoms with Crippen LogP contribution in [0.1, 0.15) is 28.8 Å². The Kier molecular flexibility index (Phi) is 4.33. The van der Waals surface area contributed by atoms with E-state index in [0.29, 0.717) is 12.1 Å². The number of amides is 1. The highest BCUT2D eigenvalue weighted by atomic mass is 19.1. The summed E-state index contributed by atoms with van der Waals surface area (Å²) in [7, 11) is 1.60. The summed E-state index contributed by atoms with van der Waals surface area (Å²) in [6.45, 7) is 0.648. The van der Waals surface area contributed by atoms with Crippen LogP contribution in [0.2, 0.25) is 0 Å². The van der Waals surface area contributed by atoms with Crippen LogP contribution in [0.25, 0.3) is 0 Å². The van der Waals surface area contributed by atoms with E-state index in [9.17, 15) is 9.18 Å². The summed E-state index contributed by atoms with van der Waals surface area (Å²) in [5.41, 5.74) is 1.87. The van der Waals surface area contributed by atoms with Crippen molar-refractivity contribution in [2.45, 2.75) is 19.3 Å². The van der Waals surface area contributed by atoms with Crippen molar-refractivity contribution in [3.05, 3.63) is 65.5 Å². The second-order valence-electron chi connectivity index (χ2n) is 6.21. The number of benzene rings is 2.